The Kier molecular flexibility index (Phi) is 5.65. The molecule has 0 atom stereocenters. The highest BCUT2D eigenvalue weighted by Crippen LogP contribution is 2.26. The van der Waals surface area contributed by atoms with Gasteiger partial charge in [-0.1, -0.05) is 53.7 Å². The molecule has 2 aromatic heterocycles. The van der Waals surface area contributed by atoms with E-state index < -0.39 is 0 Å². The van der Waals surface area contributed by atoms with Gasteiger partial charge in [0.15, 0.2) is 16.8 Å². The number of rotatable bonds is 8. The van der Waals surface area contributed by atoms with Gasteiger partial charge in [-0.05, 0) is 19.4 Å². The minimum atomic E-state index is 0.569. The number of nitrogens with zero attached hydrogens (tertiary/aromatic N) is 5. The van der Waals surface area contributed by atoms with Gasteiger partial charge in [0.1, 0.15) is 0 Å². The number of benzene rings is 1. The molecular formula is C18H21N5OS. The molecule has 2 heterocycles. The summed E-state index contributed by atoms with van der Waals surface area (Å²) >= 11 is 1.54. The molecule has 0 bridgehead atoms. The molecule has 0 spiro atoms. The molecule has 0 unspecified atom stereocenters. The maximum absolute atomic E-state index is 5.29. The van der Waals surface area contributed by atoms with Gasteiger partial charge >= 0.3 is 0 Å². The lowest BCUT2D eigenvalue weighted by molar-refractivity contribution is 0.384. The van der Waals surface area contributed by atoms with Crippen LogP contribution < -0.4 is 0 Å². The van der Waals surface area contributed by atoms with E-state index in [9.17, 15) is 0 Å². The highest BCUT2D eigenvalue weighted by molar-refractivity contribution is 7.98. The summed E-state index contributed by atoms with van der Waals surface area (Å²) in [5, 5.41) is 13.5. The van der Waals surface area contributed by atoms with Crippen LogP contribution in [-0.4, -0.2) is 24.9 Å². The zero-order chi connectivity index (χ0) is 17.6. The molecule has 0 radical (unpaired) electrons. The van der Waals surface area contributed by atoms with Crippen molar-refractivity contribution < 1.29 is 4.52 Å². The minimum absolute atomic E-state index is 0.569. The first-order valence-electron chi connectivity index (χ1n) is 8.26. The van der Waals surface area contributed by atoms with Crippen molar-refractivity contribution in [3.8, 4) is 11.4 Å². The summed E-state index contributed by atoms with van der Waals surface area (Å²) in [6.45, 7) is 8.65. The number of hydrogen-bond acceptors (Lipinski definition) is 6. The number of thioether (sulfide) groups is 1. The SMILES string of the molecule is C=CCn1c(SCc2nc(CCC)no2)nnc1-c1cccc(C)c1. The van der Waals surface area contributed by atoms with Gasteiger partial charge in [-0.25, -0.2) is 0 Å². The van der Waals surface area contributed by atoms with Crippen LogP contribution in [0.5, 0.6) is 0 Å². The molecule has 0 fully saturated rings. The van der Waals surface area contributed by atoms with Gasteiger partial charge in [0.05, 0.1) is 5.75 Å². The van der Waals surface area contributed by atoms with E-state index >= 15 is 0 Å². The summed E-state index contributed by atoms with van der Waals surface area (Å²) in [5.41, 5.74) is 2.23. The Balaban J connectivity index is 1.80. The van der Waals surface area contributed by atoms with E-state index in [0.29, 0.717) is 18.2 Å². The van der Waals surface area contributed by atoms with Crippen LogP contribution in [0.15, 0.2) is 46.6 Å². The molecule has 25 heavy (non-hydrogen) atoms. The summed E-state index contributed by atoms with van der Waals surface area (Å²) in [4.78, 5) is 4.39. The van der Waals surface area contributed by atoms with E-state index in [1.54, 1.807) is 0 Å². The Morgan fingerprint density at radius 3 is 2.96 bits per heavy atom. The van der Waals surface area contributed by atoms with Crippen molar-refractivity contribution >= 4 is 11.8 Å². The van der Waals surface area contributed by atoms with Gasteiger partial charge < -0.3 is 4.52 Å². The van der Waals surface area contributed by atoms with E-state index in [2.05, 4.69) is 57.5 Å². The molecule has 3 rings (SSSR count). The fraction of sp³-hybridized carbons (Fsp3) is 0.333. The summed E-state index contributed by atoms with van der Waals surface area (Å²) < 4.78 is 7.34. The van der Waals surface area contributed by atoms with Gasteiger partial charge in [0, 0.05) is 18.5 Å². The number of aromatic nitrogens is 5. The standard InChI is InChI=1S/C18H21N5OS/c1-4-7-15-19-16(24-22-15)12-25-18-21-20-17(23(18)10-5-2)14-9-6-8-13(3)11-14/h5-6,8-9,11H,2,4,7,10,12H2,1,3H3. The maximum Gasteiger partial charge on any atom is 0.237 e. The fourth-order valence-corrected chi connectivity index (χ4v) is 3.27. The Morgan fingerprint density at radius 1 is 1.32 bits per heavy atom. The third-order valence-electron chi connectivity index (χ3n) is 3.61. The molecule has 0 N–H and O–H groups in total. The number of allylic oxidation sites excluding steroid dienone is 1. The largest absolute Gasteiger partial charge is 0.338 e. The summed E-state index contributed by atoms with van der Waals surface area (Å²) in [6.07, 6.45) is 3.68. The topological polar surface area (TPSA) is 69.6 Å². The average molecular weight is 355 g/mol. The lowest BCUT2D eigenvalue weighted by Crippen LogP contribution is -2.01. The van der Waals surface area contributed by atoms with Gasteiger partial charge in [0.25, 0.3) is 0 Å². The summed E-state index contributed by atoms with van der Waals surface area (Å²) in [6, 6.07) is 8.24. The molecule has 0 aliphatic rings. The first kappa shape index (κ1) is 17.4. The molecule has 0 amide bonds. The van der Waals surface area contributed by atoms with Gasteiger partial charge in [-0.2, -0.15) is 4.98 Å². The van der Waals surface area contributed by atoms with Crippen molar-refractivity contribution in [2.75, 3.05) is 0 Å². The van der Waals surface area contributed by atoms with Crippen molar-refractivity contribution in [1.29, 1.82) is 0 Å². The highest BCUT2D eigenvalue weighted by atomic mass is 32.2. The molecule has 0 saturated heterocycles. The van der Waals surface area contributed by atoms with Gasteiger partial charge in [-0.15, -0.1) is 16.8 Å². The van der Waals surface area contributed by atoms with Crippen LogP contribution in [0, 0.1) is 6.92 Å². The molecule has 0 saturated carbocycles. The molecular weight excluding hydrogens is 334 g/mol. The van der Waals surface area contributed by atoms with Crippen LogP contribution in [0.3, 0.4) is 0 Å². The fourth-order valence-electron chi connectivity index (χ4n) is 2.49. The summed E-state index contributed by atoms with van der Waals surface area (Å²) in [5.74, 6) is 2.77. The highest BCUT2D eigenvalue weighted by Gasteiger charge is 2.15. The predicted molar refractivity (Wildman–Crippen MR) is 98.2 cm³/mol. The van der Waals surface area contributed by atoms with Crippen LogP contribution >= 0.6 is 11.8 Å². The smallest absolute Gasteiger partial charge is 0.237 e. The second-order valence-electron chi connectivity index (χ2n) is 5.72. The average Bonchev–Trinajstić information content (AvgIpc) is 3.21. The molecule has 3 aromatic rings. The number of aryl methyl sites for hydroxylation is 2. The molecule has 6 nitrogen and oxygen atoms in total. The van der Waals surface area contributed by atoms with Crippen LogP contribution in [0.2, 0.25) is 0 Å². The first-order chi connectivity index (χ1) is 12.2. The quantitative estimate of drug-likeness (QED) is 0.448. The Bertz CT molecular complexity index is 855. The molecule has 1 aromatic carbocycles. The molecule has 0 aliphatic heterocycles. The van der Waals surface area contributed by atoms with Crippen LogP contribution in [0.25, 0.3) is 11.4 Å². The van der Waals surface area contributed by atoms with Crippen LogP contribution in [0.1, 0.15) is 30.6 Å². The second kappa shape index (κ2) is 8.11. The Hall–Kier alpha value is -2.41. The van der Waals surface area contributed by atoms with E-state index in [0.717, 1.165) is 35.2 Å². The second-order valence-corrected chi connectivity index (χ2v) is 6.66. The zero-order valence-corrected chi connectivity index (χ0v) is 15.3. The molecule has 7 heteroatoms. The monoisotopic (exact) mass is 355 g/mol. The van der Waals surface area contributed by atoms with E-state index in [1.807, 2.05) is 18.2 Å². The van der Waals surface area contributed by atoms with Crippen molar-refractivity contribution in [2.45, 2.75) is 44.1 Å². The normalized spacial score (nSPS) is 11.0. The first-order valence-corrected chi connectivity index (χ1v) is 9.25. The zero-order valence-electron chi connectivity index (χ0n) is 14.5. The Morgan fingerprint density at radius 2 is 2.20 bits per heavy atom. The van der Waals surface area contributed by atoms with Crippen LogP contribution in [0.4, 0.5) is 0 Å². The molecule has 0 aliphatic carbocycles. The Labute approximate surface area is 151 Å². The van der Waals surface area contributed by atoms with Crippen molar-refractivity contribution in [3.63, 3.8) is 0 Å². The minimum Gasteiger partial charge on any atom is -0.338 e. The van der Waals surface area contributed by atoms with Gasteiger partial charge in [-0.3, -0.25) is 4.57 Å². The number of hydrogen-bond donors (Lipinski definition) is 0. The molecule has 130 valence electrons. The van der Waals surface area contributed by atoms with Crippen molar-refractivity contribution in [1.82, 2.24) is 24.9 Å². The maximum atomic E-state index is 5.29. The van der Waals surface area contributed by atoms with Crippen molar-refractivity contribution in [3.05, 3.63) is 54.2 Å². The van der Waals surface area contributed by atoms with E-state index in [4.69, 9.17) is 4.52 Å². The lowest BCUT2D eigenvalue weighted by Gasteiger charge is -2.07. The predicted octanol–water partition coefficient (Wildman–Crippen LogP) is 4.07. The van der Waals surface area contributed by atoms with Gasteiger partial charge in [0.2, 0.25) is 5.89 Å². The van der Waals surface area contributed by atoms with E-state index in [-0.39, 0.29) is 0 Å². The van der Waals surface area contributed by atoms with Crippen LogP contribution in [-0.2, 0) is 18.7 Å². The lowest BCUT2D eigenvalue weighted by atomic mass is 10.1. The third-order valence-corrected chi connectivity index (χ3v) is 4.56. The third kappa shape index (κ3) is 4.17. The van der Waals surface area contributed by atoms with E-state index in [1.165, 1.54) is 17.3 Å². The summed E-state index contributed by atoms with van der Waals surface area (Å²) in [7, 11) is 0. The van der Waals surface area contributed by atoms with Crippen molar-refractivity contribution in [2.24, 2.45) is 0 Å².